The maximum absolute atomic E-state index is 14.0. The van der Waals surface area contributed by atoms with Gasteiger partial charge in [0.2, 0.25) is 11.8 Å². The second kappa shape index (κ2) is 18.5. The van der Waals surface area contributed by atoms with Crippen molar-refractivity contribution in [3.63, 3.8) is 0 Å². The van der Waals surface area contributed by atoms with Gasteiger partial charge in [0.05, 0.1) is 12.1 Å². The van der Waals surface area contributed by atoms with Crippen LogP contribution in [0.5, 0.6) is 5.75 Å². The first kappa shape index (κ1) is 40.3. The molecule has 3 saturated carbocycles. The van der Waals surface area contributed by atoms with E-state index < -0.39 is 24.0 Å². The van der Waals surface area contributed by atoms with E-state index >= 15 is 0 Å². The van der Waals surface area contributed by atoms with E-state index in [1.807, 2.05) is 19.1 Å². The Balaban J connectivity index is 1.03. The van der Waals surface area contributed by atoms with E-state index in [4.69, 9.17) is 14.2 Å². The molecular weight excluding hydrogens is 732 g/mol. The minimum absolute atomic E-state index is 0.00782. The van der Waals surface area contributed by atoms with E-state index in [0.29, 0.717) is 36.4 Å². The lowest BCUT2D eigenvalue weighted by molar-refractivity contribution is -0.145. The Morgan fingerprint density at radius 2 is 1.58 bits per heavy atom. The molecule has 15 heteroatoms. The first-order valence-electron chi connectivity index (χ1n) is 21.0. The summed E-state index contributed by atoms with van der Waals surface area (Å²) in [6.45, 7) is 3.43. The molecule has 15 nitrogen and oxygen atoms in total. The highest BCUT2D eigenvalue weighted by Gasteiger charge is 2.36. The normalized spacial score (nSPS) is 20.7. The van der Waals surface area contributed by atoms with Crippen LogP contribution in [0.25, 0.3) is 10.9 Å². The van der Waals surface area contributed by atoms with Crippen LogP contribution in [0.2, 0.25) is 0 Å². The number of aryl methyl sites for hydroxylation is 1. The fourth-order valence-electron chi connectivity index (χ4n) is 8.20. The van der Waals surface area contributed by atoms with E-state index in [-0.39, 0.29) is 93.0 Å². The molecule has 1 aromatic heterocycles. The number of pyridine rings is 1. The number of benzene rings is 1. The molecule has 0 spiro atoms. The zero-order chi connectivity index (χ0) is 39.9. The molecule has 0 radical (unpaired) electrons. The van der Waals surface area contributed by atoms with Crippen molar-refractivity contribution in [2.24, 2.45) is 5.92 Å². The Labute approximate surface area is 333 Å². The maximum Gasteiger partial charge on any atom is 0.410 e. The van der Waals surface area contributed by atoms with E-state index in [1.165, 1.54) is 6.07 Å². The monoisotopic (exact) mass is 788 g/mol. The maximum atomic E-state index is 14.0. The van der Waals surface area contributed by atoms with Crippen LogP contribution in [-0.2, 0) is 28.7 Å². The van der Waals surface area contributed by atoms with Gasteiger partial charge in [-0.3, -0.25) is 24.0 Å². The van der Waals surface area contributed by atoms with E-state index in [9.17, 15) is 28.8 Å². The Hall–Kier alpha value is -4.95. The van der Waals surface area contributed by atoms with Gasteiger partial charge in [0.15, 0.2) is 6.61 Å². The number of rotatable bonds is 14. The average Bonchev–Trinajstić information content (AvgIpc) is 3.90. The van der Waals surface area contributed by atoms with Gasteiger partial charge in [-0.05, 0) is 101 Å². The molecule has 3 aliphatic carbocycles. The Morgan fingerprint density at radius 1 is 0.842 bits per heavy atom. The third-order valence-corrected chi connectivity index (χ3v) is 12.2. The topological polar surface area (TPSA) is 177 Å². The van der Waals surface area contributed by atoms with Crippen LogP contribution < -0.4 is 15.4 Å². The zero-order valence-corrected chi connectivity index (χ0v) is 33.0. The minimum Gasteiger partial charge on any atom is -0.483 e. The smallest absolute Gasteiger partial charge is 0.410 e. The summed E-state index contributed by atoms with van der Waals surface area (Å²) in [5.41, 5.74) is 1.33. The average molecular weight is 789 g/mol. The molecule has 57 heavy (non-hydrogen) atoms. The van der Waals surface area contributed by atoms with Crippen molar-refractivity contribution in [2.75, 3.05) is 45.9 Å². The largest absolute Gasteiger partial charge is 0.483 e. The number of hydrogen-bond acceptors (Lipinski definition) is 10. The third kappa shape index (κ3) is 10.1. The number of esters is 1. The number of piperazine rings is 1. The first-order chi connectivity index (χ1) is 27.6. The number of fused-ring (bicyclic) bond motifs is 1. The van der Waals surface area contributed by atoms with Gasteiger partial charge in [-0.2, -0.15) is 0 Å². The molecule has 2 N–H and O–H groups in total. The van der Waals surface area contributed by atoms with Crippen molar-refractivity contribution in [3.8, 4) is 5.75 Å². The molecule has 0 bridgehead atoms. The van der Waals surface area contributed by atoms with Crippen molar-refractivity contribution in [1.29, 1.82) is 0 Å². The predicted octanol–water partition coefficient (Wildman–Crippen LogP) is 4.03. The number of carbonyl (C=O) groups is 6. The van der Waals surface area contributed by atoms with E-state index in [2.05, 4.69) is 15.6 Å². The van der Waals surface area contributed by atoms with Crippen LogP contribution in [0.4, 0.5) is 4.79 Å². The molecule has 7 rings (SSSR count). The summed E-state index contributed by atoms with van der Waals surface area (Å²) in [6.07, 6.45) is 10.9. The Kier molecular flexibility index (Phi) is 13.1. The summed E-state index contributed by atoms with van der Waals surface area (Å²) in [5, 5.41) is 6.49. The van der Waals surface area contributed by atoms with Crippen molar-refractivity contribution in [3.05, 3.63) is 35.5 Å². The fourth-order valence-corrected chi connectivity index (χ4v) is 8.20. The lowest BCUT2D eigenvalue weighted by Gasteiger charge is -2.37. The highest BCUT2D eigenvalue weighted by atomic mass is 16.6. The number of aromatic nitrogens is 1. The van der Waals surface area contributed by atoms with Gasteiger partial charge >= 0.3 is 12.1 Å². The van der Waals surface area contributed by atoms with E-state index in [1.54, 1.807) is 20.8 Å². The molecule has 1 aromatic carbocycles. The lowest BCUT2D eigenvalue weighted by Crippen LogP contribution is -2.56. The van der Waals surface area contributed by atoms with Crippen molar-refractivity contribution in [2.45, 2.75) is 121 Å². The van der Waals surface area contributed by atoms with E-state index in [0.717, 1.165) is 76.2 Å². The Morgan fingerprint density at radius 3 is 2.28 bits per heavy atom. The number of ether oxygens (including phenoxy) is 3. The van der Waals surface area contributed by atoms with Crippen molar-refractivity contribution in [1.82, 2.24) is 30.3 Å². The van der Waals surface area contributed by atoms with Gasteiger partial charge in [-0.15, -0.1) is 0 Å². The molecular formula is C42H56N6O9. The second-order valence-electron chi connectivity index (χ2n) is 16.3. The van der Waals surface area contributed by atoms with Gasteiger partial charge in [-0.25, -0.2) is 9.78 Å². The van der Waals surface area contributed by atoms with Gasteiger partial charge < -0.3 is 39.5 Å². The molecule has 3 heterocycles. The molecule has 5 fully saturated rings. The van der Waals surface area contributed by atoms with Crippen LogP contribution >= 0.6 is 0 Å². The summed E-state index contributed by atoms with van der Waals surface area (Å²) < 4.78 is 17.2. The fraction of sp³-hybridized carbons (Fsp3) is 0.643. The van der Waals surface area contributed by atoms with Crippen LogP contribution in [0.3, 0.4) is 0 Å². The first-order valence-corrected chi connectivity index (χ1v) is 21.0. The SMILES string of the molecule is Cc1ccc2c(OCC(=O)N3CCC[C@H]3C(=O)NC3CCC3)cc(C(=O)N[C@@H](CCC(=O)OCC3CCCC3)C(=O)N3CCN(C(=O)OC4CCC4)CC3)nc2c1. The Bertz CT molecular complexity index is 1820. The number of nitrogens with zero attached hydrogens (tertiary/aromatic N) is 4. The molecule has 5 amide bonds. The van der Waals surface area contributed by atoms with Crippen molar-refractivity contribution < 1.29 is 43.0 Å². The molecule has 2 atom stereocenters. The van der Waals surface area contributed by atoms with Crippen LogP contribution in [0, 0.1) is 12.8 Å². The predicted molar refractivity (Wildman–Crippen MR) is 208 cm³/mol. The second-order valence-corrected chi connectivity index (χ2v) is 16.3. The molecule has 308 valence electrons. The molecule has 2 aliphatic heterocycles. The summed E-state index contributed by atoms with van der Waals surface area (Å²) in [6, 6.07) is 5.50. The number of carbonyl (C=O) groups excluding carboxylic acids is 6. The number of amides is 5. The van der Waals surface area contributed by atoms with Crippen LogP contribution in [-0.4, -0.2) is 126 Å². The summed E-state index contributed by atoms with van der Waals surface area (Å²) in [5.74, 6) is -1.31. The molecule has 2 aromatic rings. The quantitative estimate of drug-likeness (QED) is 0.266. The summed E-state index contributed by atoms with van der Waals surface area (Å²) in [7, 11) is 0. The number of hydrogen-bond donors (Lipinski definition) is 2. The van der Waals surface area contributed by atoms with Crippen molar-refractivity contribution >= 4 is 46.6 Å². The molecule has 2 saturated heterocycles. The number of nitrogens with one attached hydrogen (secondary N) is 2. The summed E-state index contributed by atoms with van der Waals surface area (Å²) >= 11 is 0. The van der Waals surface area contributed by atoms with Crippen LogP contribution in [0.15, 0.2) is 24.3 Å². The summed E-state index contributed by atoms with van der Waals surface area (Å²) in [4.78, 5) is 89.4. The van der Waals surface area contributed by atoms with Crippen LogP contribution in [0.1, 0.15) is 106 Å². The minimum atomic E-state index is -1.08. The van der Waals surface area contributed by atoms with Gasteiger partial charge in [0, 0.05) is 56.6 Å². The number of likely N-dealkylation sites (tertiary alicyclic amines) is 1. The highest BCUT2D eigenvalue weighted by Crippen LogP contribution is 2.29. The highest BCUT2D eigenvalue weighted by molar-refractivity contribution is 5.99. The third-order valence-electron chi connectivity index (χ3n) is 12.2. The lowest BCUT2D eigenvalue weighted by atomic mass is 9.93. The molecule has 5 aliphatic rings. The standard InChI is InChI=1S/C42H56N6O9/c1-27-14-15-31-33(23-27)44-34(24-36(31)55-26-37(49)48-18-6-13-35(48)40(52)43-29-9-4-10-29)39(51)45-32(16-17-38(50)56-25-28-7-2-3-8-28)41(53)46-19-21-47(22-20-46)42(54)57-30-11-5-12-30/h14-15,23-24,28-30,32,35H,2-13,16-22,25-26H2,1H3,(H,43,52)(H,45,51)/t32-,35-/m0/s1. The zero-order valence-electron chi connectivity index (χ0n) is 33.0. The molecule has 0 unspecified atom stereocenters. The van der Waals surface area contributed by atoms with Gasteiger partial charge in [-0.1, -0.05) is 18.9 Å². The van der Waals surface area contributed by atoms with Gasteiger partial charge in [0.25, 0.3) is 11.8 Å². The van der Waals surface area contributed by atoms with Gasteiger partial charge in [0.1, 0.15) is 29.6 Å².